The smallest absolute Gasteiger partial charge is 0.421 e. The highest BCUT2D eigenvalue weighted by molar-refractivity contribution is 6.07. The maximum Gasteiger partial charge on any atom is 0.573 e. The van der Waals surface area contributed by atoms with Crippen LogP contribution in [0.2, 0.25) is 0 Å². The van der Waals surface area contributed by atoms with E-state index >= 15 is 0 Å². The summed E-state index contributed by atoms with van der Waals surface area (Å²) in [5.41, 5.74) is 0.179. The van der Waals surface area contributed by atoms with Crippen LogP contribution < -0.4 is 14.2 Å². The number of carbonyl (C=O) groups is 1. The van der Waals surface area contributed by atoms with Crippen LogP contribution in [0.15, 0.2) is 48.5 Å². The molecule has 0 aliphatic carbocycles. The quantitative estimate of drug-likeness (QED) is 0.374. The number of halogens is 7. The lowest BCUT2D eigenvalue weighted by Crippen LogP contribution is -2.52. The molecule has 0 saturated carbocycles. The molecule has 0 spiro atoms. The summed E-state index contributed by atoms with van der Waals surface area (Å²) in [7, 11) is 0. The van der Waals surface area contributed by atoms with E-state index in [9.17, 15) is 35.5 Å². The Bertz CT molecular complexity index is 950. The summed E-state index contributed by atoms with van der Waals surface area (Å²) in [6.07, 6.45) is -12.4. The molecule has 0 saturated heterocycles. The zero-order valence-electron chi connectivity index (χ0n) is 14.0. The van der Waals surface area contributed by atoms with Gasteiger partial charge in [0.1, 0.15) is 5.75 Å². The number of ether oxygens (including phenoxy) is 3. The summed E-state index contributed by atoms with van der Waals surface area (Å²) in [6.45, 7) is 0. The second-order valence-corrected chi connectivity index (χ2v) is 5.71. The second-order valence-electron chi connectivity index (χ2n) is 5.71. The number of allylic oxidation sites excluding steroid dienone is 1. The van der Waals surface area contributed by atoms with Crippen LogP contribution >= 0.6 is 0 Å². The second kappa shape index (κ2) is 6.98. The number of rotatable bonds is 4. The number of ketones is 1. The van der Waals surface area contributed by atoms with Gasteiger partial charge in [0.2, 0.25) is 0 Å². The molecular weight excluding hydrogens is 413 g/mol. The number of benzene rings is 2. The fraction of sp³-hybridized carbons (Fsp3) is 0.167. The summed E-state index contributed by atoms with van der Waals surface area (Å²) >= 11 is 0. The van der Waals surface area contributed by atoms with Crippen molar-refractivity contribution >= 4 is 11.9 Å². The topological polar surface area (TPSA) is 44.8 Å². The van der Waals surface area contributed by atoms with Gasteiger partial charge < -0.3 is 14.2 Å². The summed E-state index contributed by atoms with van der Waals surface area (Å²) < 4.78 is 101. The number of fused-ring (bicyclic) bond motifs is 1. The molecule has 1 aliphatic heterocycles. The van der Waals surface area contributed by atoms with Crippen molar-refractivity contribution in [3.63, 3.8) is 0 Å². The van der Waals surface area contributed by atoms with Gasteiger partial charge in [-0.05, 0) is 42.0 Å². The molecule has 0 unspecified atom stereocenters. The van der Waals surface area contributed by atoms with Crippen LogP contribution in [-0.2, 0) is 0 Å². The van der Waals surface area contributed by atoms with E-state index in [1.165, 1.54) is 18.2 Å². The van der Waals surface area contributed by atoms with Gasteiger partial charge in [0.05, 0.1) is 0 Å². The van der Waals surface area contributed by atoms with Gasteiger partial charge in [-0.3, -0.25) is 4.79 Å². The summed E-state index contributed by atoms with van der Waals surface area (Å²) in [6, 6.07) is 7.31. The van der Waals surface area contributed by atoms with Crippen LogP contribution in [-0.4, -0.2) is 24.4 Å². The molecule has 11 heteroatoms. The van der Waals surface area contributed by atoms with Gasteiger partial charge in [-0.25, -0.2) is 0 Å². The Labute approximate surface area is 158 Å². The van der Waals surface area contributed by atoms with Gasteiger partial charge in [0, 0.05) is 5.56 Å². The van der Waals surface area contributed by atoms with E-state index in [0.717, 1.165) is 36.4 Å². The molecule has 1 aliphatic rings. The molecule has 2 aromatic rings. The zero-order chi connectivity index (χ0) is 21.4. The van der Waals surface area contributed by atoms with Crippen molar-refractivity contribution in [2.45, 2.75) is 18.6 Å². The van der Waals surface area contributed by atoms with Gasteiger partial charge >= 0.3 is 18.6 Å². The minimum atomic E-state index is -4.92. The number of alkyl halides is 7. The lowest BCUT2D eigenvalue weighted by molar-refractivity contribution is -0.391. The largest absolute Gasteiger partial charge is 0.573 e. The SMILES string of the molecule is O=C(/C=C/c1ccc(OC(F)(F)F)cc1)c1ccc2c(c1)OC(F)(F)C(F)(F)O2. The van der Waals surface area contributed by atoms with E-state index in [1.807, 2.05) is 0 Å². The highest BCUT2D eigenvalue weighted by Gasteiger charge is 2.65. The normalized spacial score (nSPS) is 17.2. The zero-order valence-corrected chi connectivity index (χ0v) is 14.0. The first-order valence-electron chi connectivity index (χ1n) is 7.72. The standard InChI is InChI=1S/C18H9F7O4/c19-16(20)17(21,22)29-15-9-11(4-8-14(15)28-16)13(26)7-3-10-1-5-12(6-2-10)27-18(23,24)25/h1-9H/b7-3+. The fourth-order valence-electron chi connectivity index (χ4n) is 2.27. The summed E-state index contributed by atoms with van der Waals surface area (Å²) in [5, 5.41) is 0. The predicted molar refractivity (Wildman–Crippen MR) is 84.1 cm³/mol. The third-order valence-electron chi connectivity index (χ3n) is 3.58. The summed E-state index contributed by atoms with van der Waals surface area (Å²) in [5.74, 6) is -2.56. The first kappa shape index (κ1) is 20.5. The number of hydrogen-bond acceptors (Lipinski definition) is 4. The van der Waals surface area contributed by atoms with E-state index in [4.69, 9.17) is 0 Å². The van der Waals surface area contributed by atoms with Crippen molar-refractivity contribution in [3.8, 4) is 17.2 Å². The minimum Gasteiger partial charge on any atom is -0.421 e. The Morgan fingerprint density at radius 1 is 0.897 bits per heavy atom. The van der Waals surface area contributed by atoms with E-state index in [-0.39, 0.29) is 5.56 Å². The van der Waals surface area contributed by atoms with E-state index < -0.39 is 41.6 Å². The maximum atomic E-state index is 13.2. The molecule has 1 heterocycles. The molecule has 154 valence electrons. The first-order chi connectivity index (χ1) is 13.4. The molecule has 0 aromatic heterocycles. The Morgan fingerprint density at radius 3 is 2.07 bits per heavy atom. The molecule has 0 N–H and O–H groups in total. The van der Waals surface area contributed by atoms with Crippen LogP contribution in [0.25, 0.3) is 6.08 Å². The molecule has 0 bridgehead atoms. The van der Waals surface area contributed by atoms with Crippen molar-refractivity contribution in [1.29, 1.82) is 0 Å². The highest BCUT2D eigenvalue weighted by atomic mass is 19.4. The van der Waals surface area contributed by atoms with E-state index in [2.05, 4.69) is 14.2 Å². The highest BCUT2D eigenvalue weighted by Crippen LogP contribution is 2.47. The Balaban J connectivity index is 1.73. The summed E-state index contributed by atoms with van der Waals surface area (Å²) in [4.78, 5) is 12.2. The lowest BCUT2D eigenvalue weighted by atomic mass is 10.1. The average molecular weight is 422 g/mol. The van der Waals surface area contributed by atoms with Crippen molar-refractivity contribution < 1.29 is 49.7 Å². The number of hydrogen-bond donors (Lipinski definition) is 0. The molecule has 0 radical (unpaired) electrons. The first-order valence-corrected chi connectivity index (χ1v) is 7.72. The Hall–Kier alpha value is -3.24. The molecule has 0 amide bonds. The fourth-order valence-corrected chi connectivity index (χ4v) is 2.27. The van der Waals surface area contributed by atoms with Gasteiger partial charge in [0.25, 0.3) is 0 Å². The van der Waals surface area contributed by atoms with Crippen LogP contribution in [0.4, 0.5) is 30.7 Å². The number of carbonyl (C=O) groups excluding carboxylic acids is 1. The van der Waals surface area contributed by atoms with Crippen LogP contribution in [0, 0.1) is 0 Å². The predicted octanol–water partition coefficient (Wildman–Crippen LogP) is 5.44. The third-order valence-corrected chi connectivity index (χ3v) is 3.58. The lowest BCUT2D eigenvalue weighted by Gasteiger charge is -2.31. The Kier molecular flexibility index (Phi) is 4.93. The molecular formula is C18H9F7O4. The molecule has 29 heavy (non-hydrogen) atoms. The molecule has 4 nitrogen and oxygen atoms in total. The van der Waals surface area contributed by atoms with Gasteiger partial charge in [-0.15, -0.1) is 13.2 Å². The van der Waals surface area contributed by atoms with Crippen molar-refractivity contribution in [3.05, 3.63) is 59.7 Å². The van der Waals surface area contributed by atoms with E-state index in [0.29, 0.717) is 5.56 Å². The van der Waals surface area contributed by atoms with E-state index in [1.54, 1.807) is 0 Å². The Morgan fingerprint density at radius 2 is 1.48 bits per heavy atom. The van der Waals surface area contributed by atoms with Crippen LogP contribution in [0.5, 0.6) is 17.2 Å². The van der Waals surface area contributed by atoms with Crippen molar-refractivity contribution in [2.75, 3.05) is 0 Å². The monoisotopic (exact) mass is 422 g/mol. The van der Waals surface area contributed by atoms with Crippen LogP contribution in [0.1, 0.15) is 15.9 Å². The molecule has 0 fully saturated rings. The third kappa shape index (κ3) is 4.61. The van der Waals surface area contributed by atoms with Gasteiger partial charge in [-0.1, -0.05) is 18.2 Å². The maximum absolute atomic E-state index is 13.2. The van der Waals surface area contributed by atoms with Crippen molar-refractivity contribution in [1.82, 2.24) is 0 Å². The molecule has 2 aromatic carbocycles. The average Bonchev–Trinajstić information content (AvgIpc) is 2.59. The molecule has 0 atom stereocenters. The van der Waals surface area contributed by atoms with Gasteiger partial charge in [-0.2, -0.15) is 17.6 Å². The van der Waals surface area contributed by atoms with Gasteiger partial charge in [0.15, 0.2) is 17.3 Å². The minimum absolute atomic E-state index is 0.165. The molecule has 3 rings (SSSR count). The van der Waals surface area contributed by atoms with Crippen LogP contribution in [0.3, 0.4) is 0 Å². The van der Waals surface area contributed by atoms with Crippen molar-refractivity contribution in [2.24, 2.45) is 0 Å².